The van der Waals surface area contributed by atoms with Crippen LogP contribution in [-0.4, -0.2) is 36.3 Å². The summed E-state index contributed by atoms with van der Waals surface area (Å²) in [6.45, 7) is 0.352. The number of carbonyl (C=O) groups excluding carboxylic acids is 1. The van der Waals surface area contributed by atoms with Crippen LogP contribution in [0.2, 0.25) is 5.02 Å². The largest absolute Gasteiger partial charge is 0.357 e. The van der Waals surface area contributed by atoms with E-state index < -0.39 is 9.84 Å². The Kier molecular flexibility index (Phi) is 4.05. The molecule has 2 aromatic heterocycles. The molecule has 6 nitrogen and oxygen atoms in total. The first-order valence-electron chi connectivity index (χ1n) is 9.52. The fraction of sp³-hybridized carbons (Fsp3) is 0.333. The van der Waals surface area contributed by atoms with Gasteiger partial charge in [-0.3, -0.25) is 9.78 Å². The van der Waals surface area contributed by atoms with E-state index in [0.29, 0.717) is 18.0 Å². The summed E-state index contributed by atoms with van der Waals surface area (Å²) < 4.78 is 23.6. The lowest BCUT2D eigenvalue weighted by Crippen LogP contribution is -2.32. The zero-order chi connectivity index (χ0) is 20.4. The van der Waals surface area contributed by atoms with Gasteiger partial charge in [0, 0.05) is 34.1 Å². The number of hydrogen-bond acceptors (Lipinski definition) is 4. The van der Waals surface area contributed by atoms with Crippen LogP contribution in [0.1, 0.15) is 29.7 Å². The van der Waals surface area contributed by atoms with Crippen molar-refractivity contribution in [2.45, 2.75) is 31.2 Å². The maximum absolute atomic E-state index is 13.2. The van der Waals surface area contributed by atoms with Crippen molar-refractivity contribution in [3.63, 3.8) is 0 Å². The second-order valence-electron chi connectivity index (χ2n) is 8.02. The second kappa shape index (κ2) is 6.31. The van der Waals surface area contributed by atoms with Crippen molar-refractivity contribution in [2.75, 3.05) is 16.9 Å². The van der Waals surface area contributed by atoms with Gasteiger partial charge < -0.3 is 9.88 Å². The fourth-order valence-corrected chi connectivity index (χ4v) is 5.15. The van der Waals surface area contributed by atoms with Gasteiger partial charge in [-0.15, -0.1) is 0 Å². The number of halogens is 1. The number of pyridine rings is 1. The highest BCUT2D eigenvalue weighted by molar-refractivity contribution is 7.90. The summed E-state index contributed by atoms with van der Waals surface area (Å²) in [4.78, 5) is 22.6. The van der Waals surface area contributed by atoms with Crippen molar-refractivity contribution < 1.29 is 13.2 Å². The third-order valence-corrected chi connectivity index (χ3v) is 7.19. The van der Waals surface area contributed by atoms with Crippen molar-refractivity contribution in [3.8, 4) is 0 Å². The number of fused-ring (bicyclic) bond motifs is 3. The van der Waals surface area contributed by atoms with Crippen LogP contribution in [0, 0.1) is 0 Å². The minimum absolute atomic E-state index is 0.0472. The van der Waals surface area contributed by atoms with Gasteiger partial charge in [0.2, 0.25) is 5.91 Å². The molecule has 1 amide bonds. The van der Waals surface area contributed by atoms with Crippen molar-refractivity contribution in [3.05, 3.63) is 58.5 Å². The Labute approximate surface area is 173 Å². The lowest BCUT2D eigenvalue weighted by Gasteiger charge is -2.18. The number of benzene rings is 1. The van der Waals surface area contributed by atoms with Gasteiger partial charge in [0.1, 0.15) is 9.84 Å². The fourth-order valence-electron chi connectivity index (χ4n) is 4.40. The molecule has 0 saturated heterocycles. The number of rotatable bonds is 5. The molecule has 3 aromatic rings. The number of nitrogens with one attached hydrogen (secondary N) is 1. The number of H-pyrrole nitrogens is 1. The number of aryl methyl sites for hydroxylation is 1. The number of hydrogen-bond donors (Lipinski definition) is 1. The number of sulfone groups is 1. The van der Waals surface area contributed by atoms with Gasteiger partial charge in [0.05, 0.1) is 29.6 Å². The Balaban J connectivity index is 1.58. The first kappa shape index (κ1) is 18.6. The summed E-state index contributed by atoms with van der Waals surface area (Å²) in [7, 11) is -3.12. The van der Waals surface area contributed by atoms with Crippen LogP contribution in [0.25, 0.3) is 10.9 Å². The maximum atomic E-state index is 13.2. The number of carbonyl (C=O) groups is 1. The summed E-state index contributed by atoms with van der Waals surface area (Å²) in [5, 5.41) is 1.54. The normalized spacial score (nSPS) is 17.3. The lowest BCUT2D eigenvalue weighted by molar-refractivity contribution is -0.120. The van der Waals surface area contributed by atoms with Gasteiger partial charge >= 0.3 is 0 Å². The van der Waals surface area contributed by atoms with E-state index in [4.69, 9.17) is 11.6 Å². The van der Waals surface area contributed by atoms with Crippen molar-refractivity contribution in [2.24, 2.45) is 0 Å². The van der Waals surface area contributed by atoms with E-state index in [1.807, 2.05) is 18.2 Å². The Hall–Kier alpha value is -2.38. The number of nitrogens with zero attached hydrogens (tertiary/aromatic N) is 2. The summed E-state index contributed by atoms with van der Waals surface area (Å²) in [5.74, 6) is 0.150. The van der Waals surface area contributed by atoms with Gasteiger partial charge in [-0.2, -0.15) is 0 Å². The minimum atomic E-state index is -3.12. The molecule has 1 N–H and O–H groups in total. The zero-order valence-corrected chi connectivity index (χ0v) is 17.5. The molecule has 0 unspecified atom stereocenters. The highest BCUT2D eigenvalue weighted by Gasteiger charge is 2.59. The first-order valence-corrected chi connectivity index (χ1v) is 12.0. The van der Waals surface area contributed by atoms with Crippen LogP contribution in [0.5, 0.6) is 0 Å². The molecule has 1 saturated carbocycles. The Bertz CT molecular complexity index is 1260. The molecule has 2 aliphatic rings. The van der Waals surface area contributed by atoms with Crippen molar-refractivity contribution in [1.82, 2.24) is 9.97 Å². The van der Waals surface area contributed by atoms with E-state index >= 15 is 0 Å². The topological polar surface area (TPSA) is 83.1 Å². The van der Waals surface area contributed by atoms with E-state index in [2.05, 4.69) is 9.97 Å². The molecular weight excluding hydrogens is 410 g/mol. The molecule has 29 heavy (non-hydrogen) atoms. The molecule has 0 bridgehead atoms. The summed E-state index contributed by atoms with van der Waals surface area (Å²) in [6, 6.07) is 7.47. The minimum Gasteiger partial charge on any atom is -0.357 e. The Morgan fingerprint density at radius 2 is 2.07 bits per heavy atom. The quantitative estimate of drug-likeness (QED) is 0.673. The van der Waals surface area contributed by atoms with Crippen LogP contribution in [0.4, 0.5) is 5.69 Å². The van der Waals surface area contributed by atoms with Gasteiger partial charge in [-0.05, 0) is 48.6 Å². The highest BCUT2D eigenvalue weighted by Crippen LogP contribution is 2.57. The zero-order valence-electron chi connectivity index (χ0n) is 15.9. The van der Waals surface area contributed by atoms with E-state index in [1.54, 1.807) is 23.4 Å². The number of aromatic amines is 1. The molecule has 3 heterocycles. The smallest absolute Gasteiger partial charge is 0.238 e. The predicted octanol–water partition coefficient (Wildman–Crippen LogP) is 3.38. The summed E-state index contributed by atoms with van der Waals surface area (Å²) >= 11 is 6.15. The van der Waals surface area contributed by atoms with Crippen LogP contribution in [0.15, 0.2) is 36.7 Å². The SMILES string of the molecule is CS(=O)(=O)CCc1c(CN2C(=O)C3(CC3)c3ccncc32)[nH]c2cc(Cl)ccc12. The molecule has 1 fully saturated rings. The van der Waals surface area contributed by atoms with Gasteiger partial charge in [-0.25, -0.2) is 8.42 Å². The standard InChI is InChI=1S/C21H20ClN3O3S/c1-29(27,28)9-5-15-14-3-2-13(22)10-17(14)24-18(15)12-25-19-11-23-8-4-16(19)21(6-7-21)20(25)26/h2-4,8,10-11,24H,5-7,9,12H2,1H3. The van der Waals surface area contributed by atoms with Crippen LogP contribution in [-0.2, 0) is 33.0 Å². The molecule has 0 atom stereocenters. The maximum Gasteiger partial charge on any atom is 0.238 e. The lowest BCUT2D eigenvalue weighted by atomic mass is 9.99. The average Bonchev–Trinajstić information content (AvgIpc) is 3.36. The van der Waals surface area contributed by atoms with Gasteiger partial charge in [0.25, 0.3) is 0 Å². The molecule has 1 aliphatic heterocycles. The number of anilines is 1. The van der Waals surface area contributed by atoms with E-state index in [1.165, 1.54) is 6.26 Å². The molecule has 1 spiro atoms. The van der Waals surface area contributed by atoms with Gasteiger partial charge in [-0.1, -0.05) is 17.7 Å². The summed E-state index contributed by atoms with van der Waals surface area (Å²) in [6.07, 6.45) is 6.82. The second-order valence-corrected chi connectivity index (χ2v) is 10.7. The van der Waals surface area contributed by atoms with Gasteiger partial charge in [0.15, 0.2) is 0 Å². The molecule has 8 heteroatoms. The van der Waals surface area contributed by atoms with E-state index in [-0.39, 0.29) is 17.1 Å². The third kappa shape index (κ3) is 3.04. The number of amides is 1. The molecule has 150 valence electrons. The van der Waals surface area contributed by atoms with Crippen molar-refractivity contribution >= 4 is 43.9 Å². The third-order valence-electron chi connectivity index (χ3n) is 6.01. The predicted molar refractivity (Wildman–Crippen MR) is 113 cm³/mol. The molecule has 1 aliphatic carbocycles. The molecule has 0 radical (unpaired) electrons. The van der Waals surface area contributed by atoms with Crippen LogP contribution >= 0.6 is 11.6 Å². The van der Waals surface area contributed by atoms with E-state index in [9.17, 15) is 13.2 Å². The number of aromatic nitrogens is 2. The highest BCUT2D eigenvalue weighted by atomic mass is 35.5. The summed E-state index contributed by atoms with van der Waals surface area (Å²) in [5.41, 5.74) is 4.11. The first-order chi connectivity index (χ1) is 13.8. The van der Waals surface area contributed by atoms with E-state index in [0.717, 1.165) is 46.3 Å². The van der Waals surface area contributed by atoms with Crippen molar-refractivity contribution in [1.29, 1.82) is 0 Å². The molecular formula is C21H20ClN3O3S. The average molecular weight is 430 g/mol. The molecule has 1 aromatic carbocycles. The Morgan fingerprint density at radius 1 is 1.28 bits per heavy atom. The molecule has 5 rings (SSSR count). The Morgan fingerprint density at radius 3 is 2.79 bits per heavy atom. The van der Waals surface area contributed by atoms with Crippen LogP contribution < -0.4 is 4.90 Å². The monoisotopic (exact) mass is 429 g/mol. The van der Waals surface area contributed by atoms with Crippen LogP contribution in [0.3, 0.4) is 0 Å².